The van der Waals surface area contributed by atoms with E-state index in [1.807, 2.05) is 6.92 Å². The van der Waals surface area contributed by atoms with Gasteiger partial charge < -0.3 is 25.0 Å². The fourth-order valence-corrected chi connectivity index (χ4v) is 4.56. The molecule has 0 saturated heterocycles. The summed E-state index contributed by atoms with van der Waals surface area (Å²) in [4.78, 5) is 26.6. The Morgan fingerprint density at radius 1 is 1.27 bits per heavy atom. The molecule has 2 aliphatic rings. The molecule has 1 aromatic rings. The van der Waals surface area contributed by atoms with E-state index in [0.29, 0.717) is 11.4 Å². The number of nitrogens with one attached hydrogen (secondary N) is 2. The molecule has 1 aliphatic heterocycles. The van der Waals surface area contributed by atoms with Crippen molar-refractivity contribution in [3.05, 3.63) is 96.2 Å². The molecule has 44 heavy (non-hydrogen) atoms. The number of allylic oxidation sites excluding steroid dienone is 4. The van der Waals surface area contributed by atoms with Crippen molar-refractivity contribution in [3.8, 4) is 0 Å². The van der Waals surface area contributed by atoms with E-state index in [0.717, 1.165) is 6.08 Å². The number of guanidine groups is 1. The number of hydrogen-bond donors (Lipinski definition) is 2. The van der Waals surface area contributed by atoms with Crippen LogP contribution in [0.3, 0.4) is 0 Å². The van der Waals surface area contributed by atoms with Crippen molar-refractivity contribution < 1.29 is 27.4 Å². The zero-order chi connectivity index (χ0) is 32.4. The number of amides is 1. The summed E-state index contributed by atoms with van der Waals surface area (Å²) in [6.45, 7) is 12.3. The maximum Gasteiger partial charge on any atom is 0.247 e. The highest BCUT2D eigenvalue weighted by molar-refractivity contribution is 6.08. The van der Waals surface area contributed by atoms with E-state index in [1.165, 1.54) is 44.8 Å². The molecule has 1 amide bonds. The van der Waals surface area contributed by atoms with Gasteiger partial charge in [-0.1, -0.05) is 32.6 Å². The average Bonchev–Trinajstić information content (AvgIpc) is 3.19. The Morgan fingerprint density at radius 3 is 2.68 bits per heavy atom. The molecule has 234 valence electrons. The number of amidine groups is 1. The quantitative estimate of drug-likeness (QED) is 0.221. The lowest BCUT2D eigenvalue weighted by Gasteiger charge is -2.30. The molecule has 3 rings (SSSR count). The lowest BCUT2D eigenvalue weighted by atomic mass is 9.89. The van der Waals surface area contributed by atoms with E-state index in [4.69, 9.17) is 14.5 Å². The molecular formula is C32H37F3N6O3. The van der Waals surface area contributed by atoms with Crippen LogP contribution in [-0.4, -0.2) is 50.1 Å². The van der Waals surface area contributed by atoms with E-state index in [1.54, 1.807) is 37.1 Å². The van der Waals surface area contributed by atoms with Crippen LogP contribution >= 0.6 is 0 Å². The van der Waals surface area contributed by atoms with Gasteiger partial charge in [-0.25, -0.2) is 18.2 Å². The predicted octanol–water partition coefficient (Wildman–Crippen LogP) is 6.93. The summed E-state index contributed by atoms with van der Waals surface area (Å²) < 4.78 is 56.3. The number of ether oxygens (including phenoxy) is 2. The minimum Gasteiger partial charge on any atom is -0.501 e. The summed E-state index contributed by atoms with van der Waals surface area (Å²) in [6.07, 6.45) is 9.86. The third-order valence-electron chi connectivity index (χ3n) is 6.96. The fourth-order valence-electron chi connectivity index (χ4n) is 4.56. The molecule has 0 fully saturated rings. The molecule has 0 bridgehead atoms. The van der Waals surface area contributed by atoms with Gasteiger partial charge in [-0.3, -0.25) is 9.79 Å². The van der Waals surface area contributed by atoms with Gasteiger partial charge in [0.2, 0.25) is 11.9 Å². The Labute approximate surface area is 255 Å². The van der Waals surface area contributed by atoms with Crippen LogP contribution in [0.25, 0.3) is 0 Å². The number of anilines is 2. The Balaban J connectivity index is 2.02. The van der Waals surface area contributed by atoms with Crippen molar-refractivity contribution in [2.75, 3.05) is 31.4 Å². The molecule has 3 unspecified atom stereocenters. The van der Waals surface area contributed by atoms with Gasteiger partial charge in [0.05, 0.1) is 26.3 Å². The van der Waals surface area contributed by atoms with Crippen LogP contribution in [0, 0.1) is 30.5 Å². The number of aliphatic imine (C=N–C) groups is 3. The molecule has 1 aliphatic carbocycles. The van der Waals surface area contributed by atoms with Crippen LogP contribution in [0.2, 0.25) is 0 Å². The number of hydrogen-bond acceptors (Lipinski definition) is 8. The molecule has 0 saturated carbocycles. The van der Waals surface area contributed by atoms with Gasteiger partial charge in [0, 0.05) is 43.1 Å². The van der Waals surface area contributed by atoms with Crippen molar-refractivity contribution in [3.63, 3.8) is 0 Å². The van der Waals surface area contributed by atoms with E-state index < -0.39 is 35.2 Å². The van der Waals surface area contributed by atoms with Crippen LogP contribution in [-0.2, 0) is 14.3 Å². The van der Waals surface area contributed by atoms with Crippen molar-refractivity contribution in [2.45, 2.75) is 27.2 Å². The van der Waals surface area contributed by atoms with Crippen LogP contribution in [0.1, 0.15) is 25.8 Å². The molecule has 9 nitrogen and oxygen atoms in total. The number of benzene rings is 1. The number of halogens is 3. The minimum absolute atomic E-state index is 0.0266. The fraction of sp³-hybridized carbons (Fsp3) is 0.312. The average molecular weight is 611 g/mol. The molecular weight excluding hydrogens is 573 g/mol. The number of rotatable bonds is 10. The first-order valence-corrected chi connectivity index (χ1v) is 13.8. The molecule has 0 aromatic heterocycles. The molecule has 2 N–H and O–H groups in total. The second-order valence-electron chi connectivity index (χ2n) is 10.1. The molecule has 0 radical (unpaired) electrons. The maximum atomic E-state index is 15.7. The predicted molar refractivity (Wildman–Crippen MR) is 169 cm³/mol. The number of nitrogens with zero attached hydrogens (tertiary/aromatic N) is 4. The normalized spacial score (nSPS) is 20.5. The lowest BCUT2D eigenvalue weighted by Crippen LogP contribution is -2.36. The Bertz CT molecular complexity index is 1490. The zero-order valence-corrected chi connectivity index (χ0v) is 25.4. The van der Waals surface area contributed by atoms with Crippen LogP contribution < -0.4 is 10.6 Å². The van der Waals surface area contributed by atoms with Crippen molar-refractivity contribution >= 4 is 35.8 Å². The highest BCUT2D eigenvalue weighted by Gasteiger charge is 2.30. The van der Waals surface area contributed by atoms with Crippen molar-refractivity contribution in [1.82, 2.24) is 4.90 Å². The first-order chi connectivity index (χ1) is 21.0. The molecule has 1 heterocycles. The topological polar surface area (TPSA) is 99.9 Å². The Morgan fingerprint density at radius 2 is 2.02 bits per heavy atom. The highest BCUT2D eigenvalue weighted by Crippen LogP contribution is 2.34. The minimum atomic E-state index is -0.979. The van der Waals surface area contributed by atoms with Gasteiger partial charge in [-0.2, -0.15) is 4.99 Å². The van der Waals surface area contributed by atoms with Gasteiger partial charge in [0.1, 0.15) is 28.9 Å². The third kappa shape index (κ3) is 8.36. The van der Waals surface area contributed by atoms with E-state index in [9.17, 15) is 9.18 Å². The molecule has 12 heteroatoms. The first-order valence-electron chi connectivity index (χ1n) is 13.8. The maximum absolute atomic E-state index is 15.7. The van der Waals surface area contributed by atoms with Gasteiger partial charge in [0.15, 0.2) is 11.6 Å². The molecule has 0 spiro atoms. The van der Waals surface area contributed by atoms with E-state index in [2.05, 4.69) is 33.9 Å². The SMILES string of the molecule is C=CC(=O)Nc1ccc(C)c(F)c1NC1=NC=CC(C)C(N(/C=C\N=C)CC(C)C2C=C(F)C/C(OC)=C\C(OC)=C2F)=N1. The second kappa shape index (κ2) is 15.6. The smallest absolute Gasteiger partial charge is 0.247 e. The van der Waals surface area contributed by atoms with E-state index >= 15 is 8.78 Å². The summed E-state index contributed by atoms with van der Waals surface area (Å²) in [6, 6.07) is 3.08. The monoisotopic (exact) mass is 610 g/mol. The highest BCUT2D eigenvalue weighted by atomic mass is 19.1. The van der Waals surface area contributed by atoms with Crippen molar-refractivity contribution in [2.24, 2.45) is 32.7 Å². The largest absolute Gasteiger partial charge is 0.501 e. The Kier molecular flexibility index (Phi) is 11.9. The summed E-state index contributed by atoms with van der Waals surface area (Å²) in [5, 5.41) is 5.48. The molecule has 3 atom stereocenters. The second-order valence-corrected chi connectivity index (χ2v) is 10.1. The van der Waals surface area contributed by atoms with Gasteiger partial charge in [-0.05, 0) is 43.3 Å². The number of carbonyl (C=O) groups excluding carboxylic acids is 1. The van der Waals surface area contributed by atoms with Gasteiger partial charge in [0.25, 0.3) is 0 Å². The van der Waals surface area contributed by atoms with Crippen LogP contribution in [0.4, 0.5) is 24.5 Å². The molecule has 1 aromatic carbocycles. The van der Waals surface area contributed by atoms with Crippen LogP contribution in [0.15, 0.2) is 99.8 Å². The zero-order valence-electron chi connectivity index (χ0n) is 25.4. The summed E-state index contributed by atoms with van der Waals surface area (Å²) >= 11 is 0. The first kappa shape index (κ1) is 33.6. The number of carbonyl (C=O) groups is 1. The number of methoxy groups -OCH3 is 2. The van der Waals surface area contributed by atoms with E-state index in [-0.39, 0.29) is 47.7 Å². The van der Waals surface area contributed by atoms with Crippen molar-refractivity contribution in [1.29, 1.82) is 0 Å². The van der Waals surface area contributed by atoms with Gasteiger partial charge >= 0.3 is 0 Å². The van der Waals surface area contributed by atoms with Crippen LogP contribution in [0.5, 0.6) is 0 Å². The summed E-state index contributed by atoms with van der Waals surface area (Å²) in [7, 11) is 2.71. The third-order valence-corrected chi connectivity index (χ3v) is 6.96. The lowest BCUT2D eigenvalue weighted by molar-refractivity contribution is -0.111. The number of aryl methyl sites for hydroxylation is 1. The Hall–Kier alpha value is -4.87. The standard InChI is InChI=1S/C32H37F3N6O3/c1-8-27(42)38-25-10-9-19(2)28(34)30(25)39-32-37-12-11-20(3)31(40-32)41(14-13-36-5)18-21(4)24-16-22(33)15-23(43-6)17-26(44-7)29(24)35/h8-14,16-17,20-21,24H,1,5,15,18H2,2-4,6-7H3,(H,37,39)(H,38,42)/b14-13-,22-16?,23-17+,29-26?. The van der Waals surface area contributed by atoms with Gasteiger partial charge in [-0.15, -0.1) is 0 Å². The summed E-state index contributed by atoms with van der Waals surface area (Å²) in [5.74, 6) is -3.48. The summed E-state index contributed by atoms with van der Waals surface area (Å²) in [5.41, 5.74) is 0.463.